The summed E-state index contributed by atoms with van der Waals surface area (Å²) in [5, 5.41) is 22.0. The minimum atomic E-state index is -0.669. The van der Waals surface area contributed by atoms with Gasteiger partial charge in [0.25, 0.3) is 0 Å². The summed E-state index contributed by atoms with van der Waals surface area (Å²) in [6.07, 6.45) is 1.66. The first-order valence-electron chi connectivity index (χ1n) is 5.18. The molecule has 0 aromatic carbocycles. The van der Waals surface area contributed by atoms with Gasteiger partial charge in [-0.25, -0.2) is 0 Å². The van der Waals surface area contributed by atoms with Crippen LogP contribution in [0.1, 0.15) is 32.1 Å². The summed E-state index contributed by atoms with van der Waals surface area (Å²) in [5.74, 6) is 0.541. The summed E-state index contributed by atoms with van der Waals surface area (Å²) < 4.78 is 5.08. The Morgan fingerprint density at radius 3 is 2.80 bits per heavy atom. The lowest BCUT2D eigenvalue weighted by Gasteiger charge is -2.28. The molecule has 1 heterocycles. The van der Waals surface area contributed by atoms with E-state index >= 15 is 0 Å². The zero-order valence-electron chi connectivity index (χ0n) is 9.23. The second kappa shape index (κ2) is 5.30. The van der Waals surface area contributed by atoms with Gasteiger partial charge in [-0.2, -0.15) is 0 Å². The average Bonchev–Trinajstić information content (AvgIpc) is 2.79. The Balaban J connectivity index is 2.43. The molecule has 0 bridgehead atoms. The van der Waals surface area contributed by atoms with Crippen molar-refractivity contribution in [2.75, 3.05) is 13.2 Å². The van der Waals surface area contributed by atoms with Crippen molar-refractivity contribution in [3.8, 4) is 0 Å². The molecule has 0 aliphatic rings. The van der Waals surface area contributed by atoms with Crippen LogP contribution in [0, 0.1) is 0 Å². The highest BCUT2D eigenvalue weighted by Crippen LogP contribution is 2.14. The lowest BCUT2D eigenvalue weighted by Crippen LogP contribution is -2.46. The molecule has 3 N–H and O–H groups in total. The normalized spacial score (nSPS) is 17.3. The van der Waals surface area contributed by atoms with Gasteiger partial charge in [-0.3, -0.25) is 0 Å². The standard InChI is InChI=1S/C11H19NO3/c1-3-11(2,8-13)12-7-9(14)10-5-4-6-15-10/h4-6,9,12-14H,3,7-8H2,1-2H3. The molecule has 0 saturated carbocycles. The molecule has 0 amide bonds. The van der Waals surface area contributed by atoms with Crippen molar-refractivity contribution in [3.63, 3.8) is 0 Å². The molecule has 1 aromatic heterocycles. The Bertz CT molecular complexity index is 267. The van der Waals surface area contributed by atoms with Crippen molar-refractivity contribution < 1.29 is 14.6 Å². The Hall–Kier alpha value is -0.840. The van der Waals surface area contributed by atoms with Crippen LogP contribution in [0.4, 0.5) is 0 Å². The SMILES string of the molecule is CCC(C)(CO)NCC(O)c1ccco1. The van der Waals surface area contributed by atoms with Gasteiger partial charge in [0, 0.05) is 12.1 Å². The van der Waals surface area contributed by atoms with E-state index in [1.54, 1.807) is 12.1 Å². The van der Waals surface area contributed by atoms with Crippen LogP contribution in [0.25, 0.3) is 0 Å². The molecule has 0 radical (unpaired) electrons. The van der Waals surface area contributed by atoms with E-state index < -0.39 is 6.10 Å². The van der Waals surface area contributed by atoms with E-state index in [0.29, 0.717) is 12.3 Å². The molecule has 0 aliphatic carbocycles. The molecule has 1 aromatic rings. The second-order valence-electron chi connectivity index (χ2n) is 3.98. The van der Waals surface area contributed by atoms with Gasteiger partial charge in [0.05, 0.1) is 12.9 Å². The van der Waals surface area contributed by atoms with Crippen LogP contribution in [0.3, 0.4) is 0 Å². The number of rotatable bonds is 6. The van der Waals surface area contributed by atoms with Crippen molar-refractivity contribution in [2.24, 2.45) is 0 Å². The maximum absolute atomic E-state index is 9.73. The molecule has 2 unspecified atom stereocenters. The van der Waals surface area contributed by atoms with Gasteiger partial charge in [-0.1, -0.05) is 6.92 Å². The summed E-state index contributed by atoms with van der Waals surface area (Å²) in [6, 6.07) is 3.47. The van der Waals surface area contributed by atoms with Gasteiger partial charge in [0.2, 0.25) is 0 Å². The predicted octanol–water partition coefficient (Wildman–Crippen LogP) is 1.06. The molecule has 2 atom stereocenters. The van der Waals surface area contributed by atoms with Gasteiger partial charge in [0.15, 0.2) is 0 Å². The molecular weight excluding hydrogens is 194 g/mol. The lowest BCUT2D eigenvalue weighted by atomic mass is 10.00. The Labute approximate surface area is 89.9 Å². The van der Waals surface area contributed by atoms with Crippen LogP contribution in [0.2, 0.25) is 0 Å². The van der Waals surface area contributed by atoms with Gasteiger partial charge in [-0.15, -0.1) is 0 Å². The fraction of sp³-hybridized carbons (Fsp3) is 0.636. The van der Waals surface area contributed by atoms with Crippen molar-refractivity contribution in [1.29, 1.82) is 0 Å². The van der Waals surface area contributed by atoms with Gasteiger partial charge < -0.3 is 19.9 Å². The highest BCUT2D eigenvalue weighted by molar-refractivity contribution is 5.02. The lowest BCUT2D eigenvalue weighted by molar-refractivity contribution is 0.112. The van der Waals surface area contributed by atoms with Crippen LogP contribution in [0.5, 0.6) is 0 Å². The first-order chi connectivity index (χ1) is 7.11. The summed E-state index contributed by atoms with van der Waals surface area (Å²) in [6.45, 7) is 4.33. The molecule has 0 fully saturated rings. The second-order valence-corrected chi connectivity index (χ2v) is 3.98. The molecule has 0 aliphatic heterocycles. The quantitative estimate of drug-likeness (QED) is 0.661. The minimum Gasteiger partial charge on any atom is -0.467 e. The molecule has 0 saturated heterocycles. The molecule has 15 heavy (non-hydrogen) atoms. The van der Waals surface area contributed by atoms with E-state index in [1.165, 1.54) is 6.26 Å². The van der Waals surface area contributed by atoms with Crippen LogP contribution in [-0.2, 0) is 0 Å². The van der Waals surface area contributed by atoms with Crippen molar-refractivity contribution in [1.82, 2.24) is 5.32 Å². The molecule has 1 rings (SSSR count). The van der Waals surface area contributed by atoms with Gasteiger partial charge >= 0.3 is 0 Å². The first kappa shape index (κ1) is 12.2. The fourth-order valence-corrected chi connectivity index (χ4v) is 1.22. The number of nitrogens with one attached hydrogen (secondary N) is 1. The summed E-state index contributed by atoms with van der Waals surface area (Å²) in [5.41, 5.74) is -0.340. The monoisotopic (exact) mass is 213 g/mol. The number of hydrogen-bond acceptors (Lipinski definition) is 4. The molecule has 4 nitrogen and oxygen atoms in total. The highest BCUT2D eigenvalue weighted by Gasteiger charge is 2.22. The molecule has 86 valence electrons. The third-order valence-electron chi connectivity index (χ3n) is 2.72. The third kappa shape index (κ3) is 3.34. The number of aliphatic hydroxyl groups is 2. The average molecular weight is 213 g/mol. The maximum Gasteiger partial charge on any atom is 0.133 e. The zero-order chi connectivity index (χ0) is 11.3. The first-order valence-corrected chi connectivity index (χ1v) is 5.18. The van der Waals surface area contributed by atoms with E-state index in [4.69, 9.17) is 9.52 Å². The Morgan fingerprint density at radius 2 is 2.33 bits per heavy atom. The number of furan rings is 1. The summed E-state index contributed by atoms with van der Waals surface area (Å²) >= 11 is 0. The molecule has 4 heteroatoms. The highest BCUT2D eigenvalue weighted by atomic mass is 16.4. The van der Waals surface area contributed by atoms with Crippen molar-refractivity contribution >= 4 is 0 Å². The Morgan fingerprint density at radius 1 is 1.60 bits per heavy atom. The van der Waals surface area contributed by atoms with E-state index in [1.807, 2.05) is 13.8 Å². The fourth-order valence-electron chi connectivity index (χ4n) is 1.22. The largest absolute Gasteiger partial charge is 0.467 e. The minimum absolute atomic E-state index is 0.0500. The zero-order valence-corrected chi connectivity index (χ0v) is 9.23. The van der Waals surface area contributed by atoms with E-state index in [-0.39, 0.29) is 12.1 Å². The summed E-state index contributed by atoms with van der Waals surface area (Å²) in [7, 11) is 0. The van der Waals surface area contributed by atoms with E-state index in [0.717, 1.165) is 6.42 Å². The van der Waals surface area contributed by atoms with Gasteiger partial charge in [-0.05, 0) is 25.5 Å². The number of hydrogen-bond donors (Lipinski definition) is 3. The smallest absolute Gasteiger partial charge is 0.133 e. The predicted molar refractivity (Wildman–Crippen MR) is 57.5 cm³/mol. The topological polar surface area (TPSA) is 65.6 Å². The number of β-amino-alcohol motifs (C(OH)–C–C–N with tert-alkyl or cyclic N) is 1. The van der Waals surface area contributed by atoms with Crippen LogP contribution in [0.15, 0.2) is 22.8 Å². The van der Waals surface area contributed by atoms with Crippen molar-refractivity contribution in [3.05, 3.63) is 24.2 Å². The Kier molecular flexibility index (Phi) is 4.32. The molecular formula is C11H19NO3. The van der Waals surface area contributed by atoms with E-state index in [9.17, 15) is 5.11 Å². The summed E-state index contributed by atoms with van der Waals surface area (Å²) in [4.78, 5) is 0. The van der Waals surface area contributed by atoms with Crippen LogP contribution < -0.4 is 5.32 Å². The maximum atomic E-state index is 9.73. The van der Waals surface area contributed by atoms with Crippen LogP contribution in [-0.4, -0.2) is 28.9 Å². The molecule has 0 spiro atoms. The van der Waals surface area contributed by atoms with E-state index in [2.05, 4.69) is 5.32 Å². The van der Waals surface area contributed by atoms with Gasteiger partial charge in [0.1, 0.15) is 11.9 Å². The van der Waals surface area contributed by atoms with Crippen LogP contribution >= 0.6 is 0 Å². The third-order valence-corrected chi connectivity index (χ3v) is 2.72. The van der Waals surface area contributed by atoms with Crippen molar-refractivity contribution in [2.45, 2.75) is 31.9 Å². The number of aliphatic hydroxyl groups excluding tert-OH is 2.